The van der Waals surface area contributed by atoms with Crippen molar-refractivity contribution in [2.75, 3.05) is 0 Å². The van der Waals surface area contributed by atoms with E-state index in [1.54, 1.807) is 6.20 Å². The van der Waals surface area contributed by atoms with E-state index in [1.165, 1.54) is 0 Å². The van der Waals surface area contributed by atoms with Crippen molar-refractivity contribution in [3.05, 3.63) is 60.9 Å². The summed E-state index contributed by atoms with van der Waals surface area (Å²) in [5, 5.41) is 1.11. The lowest BCUT2D eigenvalue weighted by molar-refractivity contribution is 1.31. The van der Waals surface area contributed by atoms with Gasteiger partial charge >= 0.3 is 0 Å². The molecule has 0 aliphatic heterocycles. The van der Waals surface area contributed by atoms with E-state index >= 15 is 0 Å². The first-order valence-electron chi connectivity index (χ1n) is 5.11. The summed E-state index contributed by atoms with van der Waals surface area (Å²) in [6, 6.07) is 16.7. The van der Waals surface area contributed by atoms with Gasteiger partial charge in [-0.15, -0.1) is 0 Å². The number of rotatable bonds is 1. The molecule has 0 atom stereocenters. The molecule has 0 spiro atoms. The zero-order chi connectivity index (χ0) is 10.8. The van der Waals surface area contributed by atoms with Crippen LogP contribution in [-0.2, 0) is 0 Å². The Morgan fingerprint density at radius 1 is 0.875 bits per heavy atom. The van der Waals surface area contributed by atoms with Crippen LogP contribution >= 0.6 is 0 Å². The van der Waals surface area contributed by atoms with Crippen LogP contribution in [0, 0.1) is 6.07 Å². The molecule has 1 radical (unpaired) electrons. The Balaban J connectivity index is 2.32. The minimum absolute atomic E-state index is 0.923. The minimum atomic E-state index is 0.923. The summed E-state index contributed by atoms with van der Waals surface area (Å²) in [4.78, 5) is 8.79. The number of hydrogen-bond acceptors (Lipinski definition) is 2. The van der Waals surface area contributed by atoms with Crippen LogP contribution in [0.5, 0.6) is 0 Å². The van der Waals surface area contributed by atoms with Gasteiger partial charge in [-0.2, -0.15) is 0 Å². The van der Waals surface area contributed by atoms with Gasteiger partial charge in [0, 0.05) is 23.3 Å². The van der Waals surface area contributed by atoms with Crippen LogP contribution in [0.15, 0.2) is 54.9 Å². The second-order valence-corrected chi connectivity index (χ2v) is 3.52. The van der Waals surface area contributed by atoms with Crippen LogP contribution < -0.4 is 0 Å². The molecule has 3 rings (SSSR count). The molecule has 1 aromatic carbocycles. The molecule has 0 amide bonds. The van der Waals surface area contributed by atoms with Gasteiger partial charge in [-0.1, -0.05) is 30.3 Å². The second kappa shape index (κ2) is 3.74. The molecular weight excluding hydrogens is 196 g/mol. The normalized spacial score (nSPS) is 10.5. The Hall–Kier alpha value is -2.22. The molecule has 3 aromatic rings. The van der Waals surface area contributed by atoms with Crippen molar-refractivity contribution in [1.29, 1.82) is 0 Å². The number of fused-ring (bicyclic) bond motifs is 1. The summed E-state index contributed by atoms with van der Waals surface area (Å²) in [6.07, 6.45) is 3.61. The number of pyridine rings is 2. The van der Waals surface area contributed by atoms with Gasteiger partial charge in [-0.05, 0) is 18.2 Å². The van der Waals surface area contributed by atoms with E-state index in [0.717, 1.165) is 22.2 Å². The van der Waals surface area contributed by atoms with E-state index in [0.29, 0.717) is 0 Å². The summed E-state index contributed by atoms with van der Waals surface area (Å²) in [5.74, 6) is 0. The molecule has 0 saturated heterocycles. The van der Waals surface area contributed by atoms with Gasteiger partial charge in [0.25, 0.3) is 0 Å². The van der Waals surface area contributed by atoms with Gasteiger partial charge in [-0.3, -0.25) is 9.97 Å². The lowest BCUT2D eigenvalue weighted by atomic mass is 10.1. The lowest BCUT2D eigenvalue weighted by Crippen LogP contribution is -1.87. The summed E-state index contributed by atoms with van der Waals surface area (Å²) in [5.41, 5.74) is 2.94. The van der Waals surface area contributed by atoms with Crippen molar-refractivity contribution in [2.45, 2.75) is 0 Å². The van der Waals surface area contributed by atoms with Crippen molar-refractivity contribution >= 4 is 10.9 Å². The van der Waals surface area contributed by atoms with Crippen LogP contribution in [0.2, 0.25) is 0 Å². The summed E-state index contributed by atoms with van der Waals surface area (Å²) in [6.45, 7) is 0. The van der Waals surface area contributed by atoms with Gasteiger partial charge in [0.05, 0.1) is 11.2 Å². The molecule has 0 fully saturated rings. The zero-order valence-corrected chi connectivity index (χ0v) is 8.59. The van der Waals surface area contributed by atoms with Gasteiger partial charge in [0.1, 0.15) is 0 Å². The Bertz CT molecular complexity index is 612. The predicted octanol–water partition coefficient (Wildman–Crippen LogP) is 3.10. The van der Waals surface area contributed by atoms with E-state index in [4.69, 9.17) is 0 Å². The Morgan fingerprint density at radius 2 is 1.75 bits per heavy atom. The standard InChI is InChI=1S/C14H9N2/c1-2-5-11(6-3-1)13-14-12(8-10-16-13)7-4-9-15-14/h2-10H. The van der Waals surface area contributed by atoms with E-state index < -0.39 is 0 Å². The highest BCUT2D eigenvalue weighted by Crippen LogP contribution is 2.23. The van der Waals surface area contributed by atoms with Crippen LogP contribution in [-0.4, -0.2) is 9.97 Å². The highest BCUT2D eigenvalue weighted by atomic mass is 14.7. The van der Waals surface area contributed by atoms with Gasteiger partial charge in [-0.25, -0.2) is 0 Å². The van der Waals surface area contributed by atoms with Crippen molar-refractivity contribution in [3.63, 3.8) is 0 Å². The number of nitrogens with zero attached hydrogens (tertiary/aromatic N) is 2. The molecule has 0 bridgehead atoms. The maximum atomic E-state index is 4.40. The zero-order valence-electron chi connectivity index (χ0n) is 8.59. The minimum Gasteiger partial charge on any atom is -0.254 e. The smallest absolute Gasteiger partial charge is 0.0965 e. The van der Waals surface area contributed by atoms with Gasteiger partial charge in [0.2, 0.25) is 0 Å². The Morgan fingerprint density at radius 3 is 2.62 bits per heavy atom. The molecule has 2 nitrogen and oxygen atoms in total. The third-order valence-corrected chi connectivity index (χ3v) is 2.51. The molecule has 75 valence electrons. The van der Waals surface area contributed by atoms with E-state index in [2.05, 4.69) is 16.0 Å². The van der Waals surface area contributed by atoms with Crippen molar-refractivity contribution in [1.82, 2.24) is 9.97 Å². The maximum absolute atomic E-state index is 4.40. The Labute approximate surface area is 93.6 Å². The average molecular weight is 205 g/mol. The highest BCUT2D eigenvalue weighted by Gasteiger charge is 2.04. The van der Waals surface area contributed by atoms with Crippen molar-refractivity contribution in [2.24, 2.45) is 0 Å². The van der Waals surface area contributed by atoms with E-state index in [9.17, 15) is 0 Å². The van der Waals surface area contributed by atoms with Crippen LogP contribution in [0.3, 0.4) is 0 Å². The fourth-order valence-electron chi connectivity index (χ4n) is 1.76. The van der Waals surface area contributed by atoms with Crippen LogP contribution in [0.25, 0.3) is 22.2 Å². The molecule has 2 heterocycles. The van der Waals surface area contributed by atoms with Crippen LogP contribution in [0.1, 0.15) is 0 Å². The monoisotopic (exact) mass is 205 g/mol. The molecule has 0 aliphatic carbocycles. The van der Waals surface area contributed by atoms with Crippen molar-refractivity contribution in [3.8, 4) is 11.3 Å². The maximum Gasteiger partial charge on any atom is 0.0965 e. The Kier molecular flexibility index (Phi) is 2.11. The molecule has 0 saturated carbocycles. The first kappa shape index (κ1) is 9.04. The third kappa shape index (κ3) is 1.44. The van der Waals surface area contributed by atoms with Gasteiger partial charge < -0.3 is 0 Å². The molecule has 0 aliphatic rings. The SMILES string of the molecule is [c]1ccc(-c2nccc3cccnc23)cc1. The average Bonchev–Trinajstić information content (AvgIpc) is 2.39. The number of hydrogen-bond donors (Lipinski definition) is 0. The highest BCUT2D eigenvalue weighted by molar-refractivity contribution is 5.90. The lowest BCUT2D eigenvalue weighted by Gasteiger charge is -2.03. The largest absolute Gasteiger partial charge is 0.254 e. The molecule has 0 unspecified atom stereocenters. The predicted molar refractivity (Wildman–Crippen MR) is 63.8 cm³/mol. The number of benzene rings is 1. The fourth-order valence-corrected chi connectivity index (χ4v) is 1.76. The third-order valence-electron chi connectivity index (χ3n) is 2.51. The topological polar surface area (TPSA) is 25.8 Å². The second-order valence-electron chi connectivity index (χ2n) is 3.52. The number of aromatic nitrogens is 2. The molecule has 2 aromatic heterocycles. The van der Waals surface area contributed by atoms with E-state index in [-0.39, 0.29) is 0 Å². The molecule has 2 heteroatoms. The van der Waals surface area contributed by atoms with Crippen molar-refractivity contribution < 1.29 is 0 Å². The fraction of sp³-hybridized carbons (Fsp3) is 0. The summed E-state index contributed by atoms with van der Waals surface area (Å²) in [7, 11) is 0. The van der Waals surface area contributed by atoms with E-state index in [1.807, 2.05) is 48.7 Å². The molecular formula is C14H9N2. The molecule has 0 N–H and O–H groups in total. The summed E-state index contributed by atoms with van der Waals surface area (Å²) < 4.78 is 0. The quantitative estimate of drug-likeness (QED) is 0.610. The van der Waals surface area contributed by atoms with Crippen LogP contribution in [0.4, 0.5) is 0 Å². The van der Waals surface area contributed by atoms with Gasteiger partial charge in [0.15, 0.2) is 0 Å². The molecule has 16 heavy (non-hydrogen) atoms. The first-order chi connectivity index (χ1) is 7.95. The first-order valence-corrected chi connectivity index (χ1v) is 5.11. The summed E-state index contributed by atoms with van der Waals surface area (Å²) >= 11 is 0.